The van der Waals surface area contributed by atoms with Crippen LogP contribution in [0.3, 0.4) is 0 Å². The van der Waals surface area contributed by atoms with Crippen LogP contribution in [-0.4, -0.2) is 38.0 Å². The third kappa shape index (κ3) is 4.77. The number of ether oxygens (including phenoxy) is 1. The van der Waals surface area contributed by atoms with Crippen LogP contribution in [0.5, 0.6) is 0 Å². The van der Waals surface area contributed by atoms with Gasteiger partial charge in [0.2, 0.25) is 0 Å². The van der Waals surface area contributed by atoms with E-state index in [9.17, 15) is 4.79 Å². The van der Waals surface area contributed by atoms with Gasteiger partial charge >= 0.3 is 0 Å². The second-order valence-corrected chi connectivity index (χ2v) is 3.96. The molecule has 0 saturated carbocycles. The van der Waals surface area contributed by atoms with Crippen LogP contribution in [0.1, 0.15) is 11.1 Å². The number of benzene rings is 1. The maximum atomic E-state index is 11.3. The summed E-state index contributed by atoms with van der Waals surface area (Å²) in [5, 5.41) is 8.78. The first-order valence-corrected chi connectivity index (χ1v) is 5.34. The standard InChI is InChI=1S/C13H16N2O2/c1-15(9-13(16)10-17-2)8-12-5-3-4-11(6-12)7-14/h3-6H,8-10H2,1-2H3. The summed E-state index contributed by atoms with van der Waals surface area (Å²) in [7, 11) is 3.38. The molecular formula is C13H16N2O2. The van der Waals surface area contributed by atoms with E-state index in [1.165, 1.54) is 7.11 Å². The SMILES string of the molecule is COCC(=O)CN(C)Cc1cccc(C#N)c1. The molecule has 4 nitrogen and oxygen atoms in total. The van der Waals surface area contributed by atoms with Crippen molar-refractivity contribution in [2.45, 2.75) is 6.54 Å². The van der Waals surface area contributed by atoms with Crippen LogP contribution < -0.4 is 0 Å². The van der Waals surface area contributed by atoms with Gasteiger partial charge in [0.05, 0.1) is 18.2 Å². The molecule has 0 heterocycles. The number of rotatable bonds is 6. The highest BCUT2D eigenvalue weighted by Gasteiger charge is 2.07. The van der Waals surface area contributed by atoms with Crippen LogP contribution in [0.2, 0.25) is 0 Å². The van der Waals surface area contributed by atoms with Gasteiger partial charge in [-0.3, -0.25) is 9.69 Å². The molecular weight excluding hydrogens is 216 g/mol. The number of nitrogens with zero attached hydrogens (tertiary/aromatic N) is 2. The second-order valence-electron chi connectivity index (χ2n) is 3.96. The van der Waals surface area contributed by atoms with E-state index in [0.29, 0.717) is 18.7 Å². The lowest BCUT2D eigenvalue weighted by Gasteiger charge is -2.15. The lowest BCUT2D eigenvalue weighted by Crippen LogP contribution is -2.27. The third-order valence-electron chi connectivity index (χ3n) is 2.26. The van der Waals surface area contributed by atoms with Gasteiger partial charge in [0.25, 0.3) is 0 Å². The molecule has 0 unspecified atom stereocenters. The number of Topliss-reactive ketones (excluding diaryl/α,β-unsaturated/α-hetero) is 1. The van der Waals surface area contributed by atoms with Crippen molar-refractivity contribution in [3.8, 4) is 6.07 Å². The van der Waals surface area contributed by atoms with Crippen molar-refractivity contribution in [3.63, 3.8) is 0 Å². The lowest BCUT2D eigenvalue weighted by molar-refractivity contribution is -0.123. The number of ketones is 1. The number of hydrogen-bond acceptors (Lipinski definition) is 4. The van der Waals surface area contributed by atoms with Gasteiger partial charge < -0.3 is 4.74 Å². The highest BCUT2D eigenvalue weighted by atomic mass is 16.5. The highest BCUT2D eigenvalue weighted by molar-refractivity contribution is 5.81. The molecule has 1 rings (SSSR count). The minimum Gasteiger partial charge on any atom is -0.377 e. The topological polar surface area (TPSA) is 53.3 Å². The Morgan fingerprint density at radius 3 is 2.94 bits per heavy atom. The number of likely N-dealkylation sites (N-methyl/N-ethyl adjacent to an activating group) is 1. The molecule has 17 heavy (non-hydrogen) atoms. The van der Waals surface area contributed by atoms with Gasteiger partial charge in [-0.25, -0.2) is 0 Å². The largest absolute Gasteiger partial charge is 0.377 e. The third-order valence-corrected chi connectivity index (χ3v) is 2.26. The summed E-state index contributed by atoms with van der Waals surface area (Å²) in [5.41, 5.74) is 1.66. The molecule has 0 spiro atoms. The Hall–Kier alpha value is -1.70. The Labute approximate surface area is 101 Å². The van der Waals surface area contributed by atoms with Crippen molar-refractivity contribution >= 4 is 5.78 Å². The summed E-state index contributed by atoms with van der Waals surface area (Å²) in [4.78, 5) is 13.2. The predicted octanol–water partition coefficient (Wildman–Crippen LogP) is 1.21. The lowest BCUT2D eigenvalue weighted by atomic mass is 10.1. The zero-order valence-corrected chi connectivity index (χ0v) is 10.1. The number of carbonyl (C=O) groups excluding carboxylic acids is 1. The van der Waals surface area contributed by atoms with Crippen molar-refractivity contribution in [1.29, 1.82) is 5.26 Å². The van der Waals surface area contributed by atoms with E-state index in [2.05, 4.69) is 6.07 Å². The van der Waals surface area contributed by atoms with Gasteiger partial charge in [0.15, 0.2) is 5.78 Å². The van der Waals surface area contributed by atoms with E-state index in [1.807, 2.05) is 30.1 Å². The maximum Gasteiger partial charge on any atom is 0.172 e. The molecule has 4 heteroatoms. The van der Waals surface area contributed by atoms with Crippen molar-refractivity contribution in [2.24, 2.45) is 0 Å². The molecule has 0 atom stereocenters. The summed E-state index contributed by atoms with van der Waals surface area (Å²) in [6.07, 6.45) is 0. The fourth-order valence-electron chi connectivity index (χ4n) is 1.61. The molecule has 0 amide bonds. The average molecular weight is 232 g/mol. The van der Waals surface area contributed by atoms with Crippen LogP contribution in [-0.2, 0) is 16.1 Å². The minimum absolute atomic E-state index is 0.0476. The molecule has 0 aliphatic heterocycles. The quantitative estimate of drug-likeness (QED) is 0.739. The molecule has 0 N–H and O–H groups in total. The minimum atomic E-state index is 0.0476. The van der Waals surface area contributed by atoms with Gasteiger partial charge in [0, 0.05) is 13.7 Å². The summed E-state index contributed by atoms with van der Waals surface area (Å²) in [6.45, 7) is 1.14. The second kappa shape index (κ2) is 6.79. The number of hydrogen-bond donors (Lipinski definition) is 0. The zero-order valence-electron chi connectivity index (χ0n) is 10.1. The van der Waals surface area contributed by atoms with Crippen molar-refractivity contribution < 1.29 is 9.53 Å². The van der Waals surface area contributed by atoms with E-state index in [4.69, 9.17) is 10.00 Å². The fraction of sp³-hybridized carbons (Fsp3) is 0.385. The van der Waals surface area contributed by atoms with Crippen molar-refractivity contribution in [3.05, 3.63) is 35.4 Å². The molecule has 90 valence electrons. The van der Waals surface area contributed by atoms with E-state index in [1.54, 1.807) is 6.07 Å². The Morgan fingerprint density at radius 2 is 2.29 bits per heavy atom. The van der Waals surface area contributed by atoms with Crippen LogP contribution in [0.15, 0.2) is 24.3 Å². The summed E-state index contributed by atoms with van der Waals surface area (Å²) in [5.74, 6) is 0.0476. The highest BCUT2D eigenvalue weighted by Crippen LogP contribution is 2.06. The zero-order chi connectivity index (χ0) is 12.7. The van der Waals surface area contributed by atoms with Gasteiger partial charge in [0.1, 0.15) is 6.61 Å². The van der Waals surface area contributed by atoms with Crippen LogP contribution in [0, 0.1) is 11.3 Å². The average Bonchev–Trinajstić information content (AvgIpc) is 2.29. The Kier molecular flexibility index (Phi) is 5.34. The van der Waals surface area contributed by atoms with Gasteiger partial charge in [-0.2, -0.15) is 5.26 Å². The Morgan fingerprint density at radius 1 is 1.53 bits per heavy atom. The van der Waals surface area contributed by atoms with E-state index in [0.717, 1.165) is 5.56 Å². The Balaban J connectivity index is 2.53. The summed E-state index contributed by atoms with van der Waals surface area (Å²) in [6, 6.07) is 9.48. The monoisotopic (exact) mass is 232 g/mol. The van der Waals surface area contributed by atoms with Crippen LogP contribution in [0.4, 0.5) is 0 Å². The molecule has 0 radical (unpaired) electrons. The molecule has 0 bridgehead atoms. The molecule has 1 aromatic rings. The summed E-state index contributed by atoms with van der Waals surface area (Å²) >= 11 is 0. The predicted molar refractivity (Wildman–Crippen MR) is 64.4 cm³/mol. The van der Waals surface area contributed by atoms with Gasteiger partial charge in [-0.1, -0.05) is 12.1 Å². The first-order valence-electron chi connectivity index (χ1n) is 5.34. The molecule has 0 aliphatic rings. The van der Waals surface area contributed by atoms with E-state index >= 15 is 0 Å². The van der Waals surface area contributed by atoms with Gasteiger partial charge in [-0.15, -0.1) is 0 Å². The normalized spacial score (nSPS) is 10.2. The first kappa shape index (κ1) is 13.4. The van der Waals surface area contributed by atoms with Crippen LogP contribution in [0.25, 0.3) is 0 Å². The summed E-state index contributed by atoms with van der Waals surface area (Å²) < 4.78 is 4.77. The molecule has 1 aromatic carbocycles. The van der Waals surface area contributed by atoms with Crippen molar-refractivity contribution in [1.82, 2.24) is 4.90 Å². The van der Waals surface area contributed by atoms with Crippen molar-refractivity contribution in [2.75, 3.05) is 27.3 Å². The molecule has 0 fully saturated rings. The van der Waals surface area contributed by atoms with Crippen LogP contribution >= 0.6 is 0 Å². The Bertz CT molecular complexity index is 424. The smallest absolute Gasteiger partial charge is 0.172 e. The first-order chi connectivity index (χ1) is 8.15. The van der Waals surface area contributed by atoms with E-state index < -0.39 is 0 Å². The number of methoxy groups -OCH3 is 1. The molecule has 0 aromatic heterocycles. The molecule has 0 saturated heterocycles. The van der Waals surface area contributed by atoms with Gasteiger partial charge in [-0.05, 0) is 24.7 Å². The fourth-order valence-corrected chi connectivity index (χ4v) is 1.61. The molecule has 0 aliphatic carbocycles. The number of nitriles is 1. The van der Waals surface area contributed by atoms with E-state index in [-0.39, 0.29) is 12.4 Å². The maximum absolute atomic E-state index is 11.3. The number of carbonyl (C=O) groups is 1.